The Labute approximate surface area is 163 Å². The van der Waals surface area contributed by atoms with E-state index in [4.69, 9.17) is 0 Å². The van der Waals surface area contributed by atoms with Crippen LogP contribution >= 0.6 is 0 Å². The van der Waals surface area contributed by atoms with E-state index in [0.29, 0.717) is 35.0 Å². The molecule has 0 aliphatic heterocycles. The molecule has 1 heterocycles. The molecule has 1 aromatic heterocycles. The van der Waals surface area contributed by atoms with E-state index in [-0.39, 0.29) is 23.0 Å². The van der Waals surface area contributed by atoms with Gasteiger partial charge in [-0.05, 0) is 54.7 Å². The summed E-state index contributed by atoms with van der Waals surface area (Å²) in [6.45, 7) is 1.96. The lowest BCUT2D eigenvalue weighted by Gasteiger charge is -2.12. The molecule has 3 aromatic rings. The van der Waals surface area contributed by atoms with Gasteiger partial charge in [0.05, 0.1) is 4.90 Å². The highest BCUT2D eigenvalue weighted by molar-refractivity contribution is 7.89. The molecule has 1 aliphatic rings. The van der Waals surface area contributed by atoms with Crippen LogP contribution in [0.2, 0.25) is 0 Å². The maximum atomic E-state index is 13.0. The topological polar surface area (TPSA) is 79.0 Å². The Morgan fingerprint density at radius 2 is 1.89 bits per heavy atom. The molecular weight excluding hydrogens is 379 g/mol. The predicted octanol–water partition coefficient (Wildman–Crippen LogP) is 3.87. The number of nitrogens with one attached hydrogen (secondary N) is 2. The van der Waals surface area contributed by atoms with E-state index in [2.05, 4.69) is 9.71 Å². The van der Waals surface area contributed by atoms with E-state index in [9.17, 15) is 17.6 Å². The first-order valence-corrected chi connectivity index (χ1v) is 10.8. The summed E-state index contributed by atoms with van der Waals surface area (Å²) in [6.07, 6.45) is 2.66. The normalized spacial score (nSPS) is 14.4. The summed E-state index contributed by atoms with van der Waals surface area (Å²) in [6, 6.07) is 9.13. The van der Waals surface area contributed by atoms with Crippen LogP contribution in [0.25, 0.3) is 10.9 Å². The number of halogens is 1. The molecule has 2 aromatic carbocycles. The fraction of sp³-hybridized carbons (Fsp3) is 0.286. The minimum Gasteiger partial charge on any atom is -0.358 e. The molecule has 4 rings (SSSR count). The lowest BCUT2D eigenvalue weighted by Crippen LogP contribution is -2.24. The highest BCUT2D eigenvalue weighted by Gasteiger charge is 2.25. The molecule has 0 fully saturated rings. The zero-order valence-corrected chi connectivity index (χ0v) is 16.3. The zero-order valence-electron chi connectivity index (χ0n) is 15.5. The lowest BCUT2D eigenvalue weighted by molar-refractivity contribution is 0.0974. The Bertz CT molecular complexity index is 1160. The molecule has 0 saturated carbocycles. The Hall–Kier alpha value is -2.51. The third-order valence-electron chi connectivity index (χ3n) is 5.22. The molecule has 0 radical (unpaired) electrons. The number of hydrogen-bond donors (Lipinski definition) is 2. The predicted molar refractivity (Wildman–Crippen MR) is 105 cm³/mol. The van der Waals surface area contributed by atoms with Crippen molar-refractivity contribution in [1.82, 2.24) is 9.71 Å². The molecule has 0 saturated heterocycles. The Morgan fingerprint density at radius 3 is 2.61 bits per heavy atom. The Morgan fingerprint density at radius 1 is 1.14 bits per heavy atom. The van der Waals surface area contributed by atoms with Gasteiger partial charge in [-0.25, -0.2) is 17.5 Å². The van der Waals surface area contributed by atoms with Gasteiger partial charge in [-0.1, -0.05) is 19.1 Å². The van der Waals surface area contributed by atoms with Gasteiger partial charge in [-0.2, -0.15) is 0 Å². The zero-order chi connectivity index (χ0) is 19.9. The van der Waals surface area contributed by atoms with Crippen molar-refractivity contribution < 1.29 is 17.6 Å². The Balaban J connectivity index is 1.72. The minimum absolute atomic E-state index is 0.0729. The number of aryl methyl sites for hydroxylation is 2. The summed E-state index contributed by atoms with van der Waals surface area (Å²) in [4.78, 5) is 15.8. The van der Waals surface area contributed by atoms with E-state index in [1.54, 1.807) is 18.2 Å². The van der Waals surface area contributed by atoms with Crippen molar-refractivity contribution in [2.24, 2.45) is 0 Å². The summed E-state index contributed by atoms with van der Waals surface area (Å²) in [5.74, 6) is -0.254. The largest absolute Gasteiger partial charge is 0.358 e. The number of benzene rings is 2. The van der Waals surface area contributed by atoms with Crippen molar-refractivity contribution in [3.8, 4) is 0 Å². The van der Waals surface area contributed by atoms with Crippen LogP contribution in [0.4, 0.5) is 4.39 Å². The van der Waals surface area contributed by atoms with Crippen LogP contribution in [0.5, 0.6) is 0 Å². The second kappa shape index (κ2) is 7.14. The number of carbonyl (C=O) groups excluding carboxylic acids is 1. The van der Waals surface area contributed by atoms with Crippen LogP contribution in [0.1, 0.15) is 46.9 Å². The number of fused-ring (bicyclic) bond motifs is 3. The molecule has 146 valence electrons. The van der Waals surface area contributed by atoms with Crippen LogP contribution in [0, 0.1) is 5.82 Å². The van der Waals surface area contributed by atoms with E-state index >= 15 is 0 Å². The van der Waals surface area contributed by atoms with Crippen LogP contribution in [-0.2, 0) is 29.4 Å². The van der Waals surface area contributed by atoms with Gasteiger partial charge in [0.25, 0.3) is 0 Å². The van der Waals surface area contributed by atoms with Crippen LogP contribution in [-0.4, -0.2) is 19.2 Å². The van der Waals surface area contributed by atoms with Gasteiger partial charge in [-0.15, -0.1) is 0 Å². The number of ketones is 1. The molecule has 0 amide bonds. The summed E-state index contributed by atoms with van der Waals surface area (Å²) in [7, 11) is -3.77. The molecule has 1 aliphatic carbocycles. The van der Waals surface area contributed by atoms with E-state index < -0.39 is 10.0 Å². The Kier molecular flexibility index (Phi) is 4.81. The number of rotatable bonds is 5. The first-order chi connectivity index (χ1) is 13.4. The van der Waals surface area contributed by atoms with Gasteiger partial charge in [0.2, 0.25) is 10.0 Å². The first kappa shape index (κ1) is 18.8. The standard InChI is InChI=1S/C21H21FN2O3S/c1-2-14-10-16-18(24-17-4-3-5-19(25)21(16)17)11-20(14)28(26,27)23-12-13-6-8-15(22)9-7-13/h6-11,23-24H,2-5,12H2,1H3. The molecular formula is C21H21FN2O3S. The number of hydrogen-bond acceptors (Lipinski definition) is 3. The average molecular weight is 400 g/mol. The van der Waals surface area contributed by atoms with E-state index in [1.165, 1.54) is 12.1 Å². The van der Waals surface area contributed by atoms with E-state index in [0.717, 1.165) is 23.9 Å². The number of aromatic nitrogens is 1. The molecule has 0 bridgehead atoms. The average Bonchev–Trinajstić information content (AvgIpc) is 3.05. The quantitative estimate of drug-likeness (QED) is 0.682. The first-order valence-electron chi connectivity index (χ1n) is 9.34. The van der Waals surface area contributed by atoms with Crippen molar-refractivity contribution in [1.29, 1.82) is 0 Å². The number of carbonyl (C=O) groups is 1. The fourth-order valence-electron chi connectivity index (χ4n) is 3.76. The van der Waals surface area contributed by atoms with Gasteiger partial charge in [0.1, 0.15) is 5.82 Å². The maximum absolute atomic E-state index is 13.0. The van der Waals surface area contributed by atoms with Crippen molar-refractivity contribution in [3.63, 3.8) is 0 Å². The van der Waals surface area contributed by atoms with Crippen molar-refractivity contribution in [2.75, 3.05) is 0 Å². The van der Waals surface area contributed by atoms with Crippen molar-refractivity contribution in [2.45, 2.75) is 44.0 Å². The fourth-order valence-corrected chi connectivity index (χ4v) is 5.10. The maximum Gasteiger partial charge on any atom is 0.241 e. The molecule has 7 heteroatoms. The summed E-state index contributed by atoms with van der Waals surface area (Å²) >= 11 is 0. The van der Waals surface area contributed by atoms with Crippen LogP contribution in [0.3, 0.4) is 0 Å². The van der Waals surface area contributed by atoms with Gasteiger partial charge >= 0.3 is 0 Å². The highest BCUT2D eigenvalue weighted by Crippen LogP contribution is 2.32. The smallest absolute Gasteiger partial charge is 0.241 e. The van der Waals surface area contributed by atoms with E-state index in [1.807, 2.05) is 13.0 Å². The molecule has 0 atom stereocenters. The summed E-state index contributed by atoms with van der Waals surface area (Å²) in [5.41, 5.74) is 3.60. The third-order valence-corrected chi connectivity index (χ3v) is 6.70. The summed E-state index contributed by atoms with van der Waals surface area (Å²) < 4.78 is 41.5. The number of aromatic amines is 1. The SMILES string of the molecule is CCc1cc2c3c([nH]c2cc1S(=O)(=O)NCc1ccc(F)cc1)CCCC3=O. The molecule has 28 heavy (non-hydrogen) atoms. The van der Waals surface area contributed by atoms with Gasteiger partial charge in [-0.3, -0.25) is 4.79 Å². The molecule has 0 spiro atoms. The molecule has 5 nitrogen and oxygen atoms in total. The highest BCUT2D eigenvalue weighted by atomic mass is 32.2. The second-order valence-corrected chi connectivity index (χ2v) is 8.80. The second-order valence-electron chi connectivity index (χ2n) is 7.07. The van der Waals surface area contributed by atoms with Crippen molar-refractivity contribution >= 4 is 26.7 Å². The van der Waals surface area contributed by atoms with Crippen LogP contribution in [0.15, 0.2) is 41.3 Å². The number of H-pyrrole nitrogens is 1. The lowest BCUT2D eigenvalue weighted by atomic mass is 9.94. The molecule has 0 unspecified atom stereocenters. The number of sulfonamides is 1. The number of Topliss-reactive ketones (excluding diaryl/α,β-unsaturated/α-hetero) is 1. The van der Waals surface area contributed by atoms with Gasteiger partial charge < -0.3 is 4.98 Å². The van der Waals surface area contributed by atoms with Crippen LogP contribution < -0.4 is 4.72 Å². The van der Waals surface area contributed by atoms with Gasteiger partial charge in [0.15, 0.2) is 5.78 Å². The van der Waals surface area contributed by atoms with Gasteiger partial charge in [0, 0.05) is 35.1 Å². The monoisotopic (exact) mass is 400 g/mol. The summed E-state index contributed by atoms with van der Waals surface area (Å²) in [5, 5.41) is 0.800. The minimum atomic E-state index is -3.77. The molecule has 2 N–H and O–H groups in total. The third kappa shape index (κ3) is 3.36. The van der Waals surface area contributed by atoms with Crippen molar-refractivity contribution in [3.05, 3.63) is 64.6 Å².